The molecule has 0 bridgehead atoms. The number of rotatable bonds is 25. The maximum atomic E-state index is 12.6. The van der Waals surface area contributed by atoms with E-state index in [-0.39, 0.29) is 72.6 Å². The van der Waals surface area contributed by atoms with Crippen LogP contribution in [0, 0.1) is 5.41 Å². The largest absolute Gasteiger partial charge is 0.463 e. The first-order valence-corrected chi connectivity index (χ1v) is 14.1. The van der Waals surface area contributed by atoms with Gasteiger partial charge in [-0.3, -0.25) is 14.0 Å². The van der Waals surface area contributed by atoms with Crippen LogP contribution < -0.4 is 0 Å². The van der Waals surface area contributed by atoms with Crippen LogP contribution in [0.1, 0.15) is 17.1 Å². The van der Waals surface area contributed by atoms with Gasteiger partial charge in [0.25, 0.3) is 0 Å². The molecule has 0 aliphatic rings. The highest BCUT2D eigenvalue weighted by molar-refractivity contribution is 5.70. The lowest BCUT2D eigenvalue weighted by atomic mass is 9.92. The predicted octanol–water partition coefficient (Wildman–Crippen LogP) is -0.0880. The molecule has 0 aliphatic carbocycles. The lowest BCUT2D eigenvalue weighted by Crippen LogP contribution is -2.42. The van der Waals surface area contributed by atoms with E-state index in [1.165, 1.54) is 0 Å². The molecule has 0 saturated carbocycles. The van der Waals surface area contributed by atoms with Crippen molar-refractivity contribution >= 4 is 5.97 Å². The van der Waals surface area contributed by atoms with E-state index in [0.29, 0.717) is 36.9 Å². The Hall–Kier alpha value is -4.04. The first kappa shape index (κ1) is 35.4. The van der Waals surface area contributed by atoms with Gasteiger partial charge in [0.15, 0.2) is 0 Å². The molecule has 3 rings (SSSR count). The highest BCUT2D eigenvalue weighted by atomic mass is 16.6. The summed E-state index contributed by atoms with van der Waals surface area (Å²) in [5, 5.41) is 27.3. The smallest absolute Gasteiger partial charge is 0.332 e. The van der Waals surface area contributed by atoms with E-state index in [1.54, 1.807) is 53.8 Å². The van der Waals surface area contributed by atoms with Crippen molar-refractivity contribution in [3.05, 3.63) is 46.1 Å². The second kappa shape index (κ2) is 20.1. The molecule has 0 saturated heterocycles. The SMILES string of the molecule is Cn1cc(COCC(COCc2cn(C)nn2)(COCc2cn(C)nn2)COC(=O)COCCOCCOCCN=[N+]=[N-])nn1. The first-order valence-electron chi connectivity index (χ1n) is 14.1. The fourth-order valence-corrected chi connectivity index (χ4v) is 3.77. The van der Waals surface area contributed by atoms with Crippen LogP contribution in [0.2, 0.25) is 0 Å². The summed E-state index contributed by atoms with van der Waals surface area (Å²) < 4.78 is 44.4. The van der Waals surface area contributed by atoms with Gasteiger partial charge < -0.3 is 33.2 Å². The molecular formula is C25H40N12O8. The summed E-state index contributed by atoms with van der Waals surface area (Å²) in [4.78, 5) is 15.3. The molecule has 0 amide bonds. The zero-order valence-electron chi connectivity index (χ0n) is 25.8. The summed E-state index contributed by atoms with van der Waals surface area (Å²) >= 11 is 0. The van der Waals surface area contributed by atoms with Crippen molar-refractivity contribution in [1.82, 2.24) is 45.0 Å². The maximum absolute atomic E-state index is 12.6. The summed E-state index contributed by atoms with van der Waals surface area (Å²) in [6, 6.07) is 0. The second-order valence-corrected chi connectivity index (χ2v) is 10.0. The molecule has 3 aromatic rings. The van der Waals surface area contributed by atoms with E-state index in [4.69, 9.17) is 38.7 Å². The van der Waals surface area contributed by atoms with E-state index in [2.05, 4.69) is 41.0 Å². The minimum Gasteiger partial charge on any atom is -0.463 e. The van der Waals surface area contributed by atoms with E-state index in [9.17, 15) is 4.79 Å². The number of carbonyl (C=O) groups is 1. The summed E-state index contributed by atoms with van der Waals surface area (Å²) in [6.07, 6.45) is 5.24. The zero-order valence-corrected chi connectivity index (χ0v) is 25.8. The van der Waals surface area contributed by atoms with E-state index in [0.717, 1.165) is 0 Å². The third-order valence-corrected chi connectivity index (χ3v) is 5.83. The Balaban J connectivity index is 1.52. The third kappa shape index (κ3) is 14.5. The Labute approximate surface area is 259 Å². The van der Waals surface area contributed by atoms with Crippen molar-refractivity contribution in [2.75, 3.05) is 72.6 Å². The van der Waals surface area contributed by atoms with Gasteiger partial charge in [-0.2, -0.15) is 0 Å². The number of nitrogens with zero attached hydrogens (tertiary/aromatic N) is 12. The van der Waals surface area contributed by atoms with Crippen LogP contribution in [0.3, 0.4) is 0 Å². The number of carbonyl (C=O) groups excluding carboxylic acids is 1. The fourth-order valence-electron chi connectivity index (χ4n) is 3.77. The lowest BCUT2D eigenvalue weighted by molar-refractivity contribution is -0.162. The van der Waals surface area contributed by atoms with Crippen molar-refractivity contribution in [2.24, 2.45) is 31.7 Å². The van der Waals surface area contributed by atoms with Crippen LogP contribution >= 0.6 is 0 Å². The van der Waals surface area contributed by atoms with Crippen LogP contribution in [0.15, 0.2) is 23.7 Å². The number of ether oxygens (including phenoxy) is 7. The maximum Gasteiger partial charge on any atom is 0.332 e. The molecule has 3 heterocycles. The van der Waals surface area contributed by atoms with Gasteiger partial charge in [0.05, 0.1) is 96.7 Å². The van der Waals surface area contributed by atoms with Gasteiger partial charge in [-0.1, -0.05) is 20.8 Å². The highest BCUT2D eigenvalue weighted by Gasteiger charge is 2.34. The molecule has 0 aliphatic heterocycles. The van der Waals surface area contributed by atoms with Crippen LogP contribution in [0.5, 0.6) is 0 Å². The molecule has 0 N–H and O–H groups in total. The van der Waals surface area contributed by atoms with E-state index >= 15 is 0 Å². The van der Waals surface area contributed by atoms with Gasteiger partial charge in [-0.15, -0.1) is 15.3 Å². The quantitative estimate of drug-likeness (QED) is 0.0390. The molecule has 20 heteroatoms. The average Bonchev–Trinajstić information content (AvgIpc) is 3.75. The lowest BCUT2D eigenvalue weighted by Gasteiger charge is -2.32. The van der Waals surface area contributed by atoms with Crippen LogP contribution in [0.4, 0.5) is 0 Å². The molecule has 3 aromatic heterocycles. The van der Waals surface area contributed by atoms with Gasteiger partial charge in [0, 0.05) is 32.6 Å². The summed E-state index contributed by atoms with van der Waals surface area (Å²) in [7, 11) is 5.29. The van der Waals surface area contributed by atoms with Gasteiger partial charge in [0.2, 0.25) is 0 Å². The number of esters is 1. The molecule has 248 valence electrons. The highest BCUT2D eigenvalue weighted by Crippen LogP contribution is 2.23. The molecule has 0 spiro atoms. The molecule has 0 aromatic carbocycles. The van der Waals surface area contributed by atoms with Crippen molar-refractivity contribution < 1.29 is 38.0 Å². The Bertz CT molecular complexity index is 1200. The summed E-state index contributed by atoms with van der Waals surface area (Å²) in [5.74, 6) is -0.572. The third-order valence-electron chi connectivity index (χ3n) is 5.83. The van der Waals surface area contributed by atoms with Crippen LogP contribution in [-0.2, 0) is 78.9 Å². The monoisotopic (exact) mass is 636 g/mol. The molecule has 0 fully saturated rings. The number of hydrogen-bond acceptors (Lipinski definition) is 15. The number of azide groups is 1. The molecule has 0 radical (unpaired) electrons. The number of aryl methyl sites for hydroxylation is 3. The molecule has 0 atom stereocenters. The minimum atomic E-state index is -0.913. The van der Waals surface area contributed by atoms with Crippen molar-refractivity contribution in [3.8, 4) is 0 Å². The van der Waals surface area contributed by atoms with E-state index in [1.807, 2.05) is 0 Å². The second-order valence-electron chi connectivity index (χ2n) is 10.0. The summed E-state index contributed by atoms with van der Waals surface area (Å²) in [6.45, 7) is 2.22. The Morgan fingerprint density at radius 2 is 1.16 bits per heavy atom. The molecule has 0 unspecified atom stereocenters. The molecular weight excluding hydrogens is 596 g/mol. The standard InChI is InChI=1S/C25H40N12O8/c1-35-10-21(28-32-35)13-42-17-25(18-43-14-22-11-36(2)33-29-22,19-44-15-23-12-37(3)34-30-23)20-45-24(38)16-41-9-8-40-7-6-39-5-4-27-31-26/h10-12H,4-9,13-20H2,1-3H3. The zero-order chi connectivity index (χ0) is 32.2. The Kier molecular flexibility index (Phi) is 15.8. The topological polar surface area (TPSA) is 223 Å². The molecule has 45 heavy (non-hydrogen) atoms. The summed E-state index contributed by atoms with van der Waals surface area (Å²) in [5.41, 5.74) is 9.23. The first-order chi connectivity index (χ1) is 21.9. The van der Waals surface area contributed by atoms with Crippen LogP contribution in [0.25, 0.3) is 10.4 Å². The normalized spacial score (nSPS) is 11.5. The van der Waals surface area contributed by atoms with Gasteiger partial charge in [0.1, 0.15) is 30.3 Å². The van der Waals surface area contributed by atoms with Crippen molar-refractivity contribution in [1.29, 1.82) is 0 Å². The number of hydrogen-bond donors (Lipinski definition) is 0. The average molecular weight is 637 g/mol. The Morgan fingerprint density at radius 3 is 1.58 bits per heavy atom. The van der Waals surface area contributed by atoms with Gasteiger partial charge in [-0.25, -0.2) is 4.79 Å². The predicted molar refractivity (Wildman–Crippen MR) is 152 cm³/mol. The minimum absolute atomic E-state index is 0.0831. The fraction of sp³-hybridized carbons (Fsp3) is 0.720. The Morgan fingerprint density at radius 1 is 0.711 bits per heavy atom. The van der Waals surface area contributed by atoms with Crippen molar-refractivity contribution in [2.45, 2.75) is 19.8 Å². The molecule has 20 nitrogen and oxygen atoms in total. The van der Waals surface area contributed by atoms with Gasteiger partial charge >= 0.3 is 5.97 Å². The number of aromatic nitrogens is 9. The van der Waals surface area contributed by atoms with Crippen LogP contribution in [-0.4, -0.2) is 124 Å². The van der Waals surface area contributed by atoms with Crippen molar-refractivity contribution in [3.63, 3.8) is 0 Å². The van der Waals surface area contributed by atoms with E-state index < -0.39 is 11.4 Å². The van der Waals surface area contributed by atoms with Gasteiger partial charge in [-0.05, 0) is 5.53 Å².